The van der Waals surface area contributed by atoms with Crippen molar-refractivity contribution in [2.24, 2.45) is 0 Å². The van der Waals surface area contributed by atoms with Crippen molar-refractivity contribution in [1.29, 1.82) is 0 Å². The second-order valence-electron chi connectivity index (χ2n) is 9.28. The lowest BCUT2D eigenvalue weighted by Gasteiger charge is -2.15. The summed E-state index contributed by atoms with van der Waals surface area (Å²) in [4.78, 5) is 17.4. The minimum Gasteiger partial charge on any atom is -0.483 e. The fraction of sp³-hybridized carbons (Fsp3) is 0.310. The van der Waals surface area contributed by atoms with Crippen LogP contribution >= 0.6 is 11.6 Å². The van der Waals surface area contributed by atoms with E-state index in [4.69, 9.17) is 20.8 Å². The van der Waals surface area contributed by atoms with Gasteiger partial charge in [-0.25, -0.2) is 4.98 Å². The quantitative estimate of drug-likeness (QED) is 0.271. The van der Waals surface area contributed by atoms with Crippen LogP contribution in [0.3, 0.4) is 0 Å². The predicted molar refractivity (Wildman–Crippen MR) is 143 cm³/mol. The maximum atomic E-state index is 12.7. The normalized spacial score (nSPS) is 12.2. The van der Waals surface area contributed by atoms with Gasteiger partial charge in [0.2, 0.25) is 5.89 Å². The highest BCUT2D eigenvalue weighted by molar-refractivity contribution is 6.33. The monoisotopic (exact) mass is 490 g/mol. The Morgan fingerprint density at radius 3 is 2.63 bits per heavy atom. The molecule has 0 saturated heterocycles. The third kappa shape index (κ3) is 5.68. The van der Waals surface area contributed by atoms with Gasteiger partial charge in [0, 0.05) is 5.56 Å². The molecule has 0 spiro atoms. The second kappa shape index (κ2) is 10.5. The van der Waals surface area contributed by atoms with Gasteiger partial charge in [-0.3, -0.25) is 4.79 Å². The molecule has 1 N–H and O–H groups in total. The van der Waals surface area contributed by atoms with E-state index in [1.807, 2.05) is 37.3 Å². The summed E-state index contributed by atoms with van der Waals surface area (Å²) >= 11 is 6.38. The maximum absolute atomic E-state index is 12.7. The molecule has 1 aromatic heterocycles. The van der Waals surface area contributed by atoms with Crippen molar-refractivity contribution in [3.63, 3.8) is 0 Å². The molecule has 0 aliphatic carbocycles. The van der Waals surface area contributed by atoms with Crippen molar-refractivity contribution in [3.8, 4) is 17.2 Å². The van der Waals surface area contributed by atoms with Gasteiger partial charge in [-0.15, -0.1) is 0 Å². The summed E-state index contributed by atoms with van der Waals surface area (Å²) in [6, 6.07) is 17.5. The number of nitrogens with zero attached hydrogens (tertiary/aromatic N) is 1. The van der Waals surface area contributed by atoms with Crippen LogP contribution < -0.4 is 10.1 Å². The molecule has 35 heavy (non-hydrogen) atoms. The number of anilines is 1. The van der Waals surface area contributed by atoms with Crippen LogP contribution in [-0.2, 0) is 4.79 Å². The Kier molecular flexibility index (Phi) is 7.46. The molecule has 1 heterocycles. The minimum atomic E-state index is -0.295. The van der Waals surface area contributed by atoms with Crippen LogP contribution in [0, 0.1) is 6.92 Å². The number of ether oxygens (including phenoxy) is 1. The van der Waals surface area contributed by atoms with E-state index in [1.165, 1.54) is 5.56 Å². The number of carbonyl (C=O) groups is 1. The molecule has 0 unspecified atom stereocenters. The Bertz CT molecular complexity index is 1360. The molecular formula is C29H31ClN2O3. The van der Waals surface area contributed by atoms with Crippen molar-refractivity contribution < 1.29 is 13.9 Å². The molecule has 6 heteroatoms. The summed E-state index contributed by atoms with van der Waals surface area (Å²) in [5.74, 6) is 1.65. The average Bonchev–Trinajstić information content (AvgIpc) is 3.27. The van der Waals surface area contributed by atoms with E-state index in [-0.39, 0.29) is 18.4 Å². The van der Waals surface area contributed by atoms with E-state index in [0.29, 0.717) is 22.5 Å². The largest absolute Gasteiger partial charge is 0.483 e. The first-order valence-corrected chi connectivity index (χ1v) is 12.4. The number of oxazole rings is 1. The fourth-order valence-electron chi connectivity index (χ4n) is 3.94. The van der Waals surface area contributed by atoms with E-state index >= 15 is 0 Å². The Labute approximate surface area is 211 Å². The summed E-state index contributed by atoms with van der Waals surface area (Å²) in [5, 5.41) is 3.28. The molecule has 1 atom stereocenters. The molecule has 0 aliphatic rings. The number of aryl methyl sites for hydroxylation is 1. The van der Waals surface area contributed by atoms with Crippen molar-refractivity contribution >= 4 is 34.3 Å². The predicted octanol–water partition coefficient (Wildman–Crippen LogP) is 8.11. The first-order chi connectivity index (χ1) is 16.7. The number of aromatic nitrogens is 1. The molecule has 0 bridgehead atoms. The van der Waals surface area contributed by atoms with Gasteiger partial charge in [0.05, 0.1) is 10.7 Å². The van der Waals surface area contributed by atoms with E-state index in [0.717, 1.165) is 40.0 Å². The van der Waals surface area contributed by atoms with E-state index in [9.17, 15) is 4.79 Å². The fourth-order valence-corrected chi connectivity index (χ4v) is 4.10. The van der Waals surface area contributed by atoms with Crippen molar-refractivity contribution in [1.82, 2.24) is 4.98 Å². The number of benzene rings is 3. The molecule has 0 saturated carbocycles. The number of halogens is 1. The van der Waals surface area contributed by atoms with Gasteiger partial charge in [0.1, 0.15) is 11.3 Å². The maximum Gasteiger partial charge on any atom is 0.262 e. The van der Waals surface area contributed by atoms with Gasteiger partial charge in [-0.05, 0) is 78.3 Å². The van der Waals surface area contributed by atoms with E-state index in [1.54, 1.807) is 12.1 Å². The first-order valence-electron chi connectivity index (χ1n) is 12.0. The molecule has 1 amide bonds. The minimum absolute atomic E-state index is 0.120. The summed E-state index contributed by atoms with van der Waals surface area (Å²) in [6.07, 6.45) is 1.06. The van der Waals surface area contributed by atoms with Gasteiger partial charge < -0.3 is 14.5 Å². The van der Waals surface area contributed by atoms with Crippen LogP contribution in [0.4, 0.5) is 5.69 Å². The molecule has 182 valence electrons. The van der Waals surface area contributed by atoms with Crippen LogP contribution in [0.25, 0.3) is 22.6 Å². The van der Waals surface area contributed by atoms with Crippen molar-refractivity contribution in [2.75, 3.05) is 11.9 Å². The third-order valence-corrected chi connectivity index (χ3v) is 6.56. The van der Waals surface area contributed by atoms with Gasteiger partial charge in [0.25, 0.3) is 5.91 Å². The molecule has 4 aromatic rings. The van der Waals surface area contributed by atoms with E-state index < -0.39 is 0 Å². The number of nitrogens with one attached hydrogen (secondary N) is 1. The van der Waals surface area contributed by atoms with Crippen molar-refractivity contribution in [3.05, 3.63) is 76.3 Å². The van der Waals surface area contributed by atoms with Crippen LogP contribution in [0.1, 0.15) is 62.6 Å². The Morgan fingerprint density at radius 2 is 1.89 bits per heavy atom. The van der Waals surface area contributed by atoms with E-state index in [2.05, 4.69) is 50.1 Å². The van der Waals surface area contributed by atoms with Crippen LogP contribution in [-0.4, -0.2) is 17.5 Å². The van der Waals surface area contributed by atoms with Crippen LogP contribution in [0.5, 0.6) is 5.75 Å². The van der Waals surface area contributed by atoms with Gasteiger partial charge in [0.15, 0.2) is 12.2 Å². The average molecular weight is 491 g/mol. The molecule has 4 rings (SSSR count). The summed E-state index contributed by atoms with van der Waals surface area (Å²) in [5.41, 5.74) is 6.12. The smallest absolute Gasteiger partial charge is 0.262 e. The molecule has 0 aliphatic heterocycles. The lowest BCUT2D eigenvalue weighted by Crippen LogP contribution is -2.21. The highest BCUT2D eigenvalue weighted by atomic mass is 35.5. The third-order valence-electron chi connectivity index (χ3n) is 6.23. The van der Waals surface area contributed by atoms with Crippen LogP contribution in [0.2, 0.25) is 5.02 Å². The van der Waals surface area contributed by atoms with Crippen LogP contribution in [0.15, 0.2) is 59.0 Å². The number of hydrogen-bond donors (Lipinski definition) is 1. The molecule has 5 nitrogen and oxygen atoms in total. The summed E-state index contributed by atoms with van der Waals surface area (Å²) in [6.45, 7) is 10.4. The van der Waals surface area contributed by atoms with Gasteiger partial charge in [-0.2, -0.15) is 0 Å². The Morgan fingerprint density at radius 1 is 1.09 bits per heavy atom. The highest BCUT2D eigenvalue weighted by Crippen LogP contribution is 2.32. The standard InChI is InChI=1S/C29H31ClN2O3/c1-6-19(5)20-9-12-26-25(14-20)32-29(35-26)21-8-11-23(30)24(15-21)31-28(33)16-34-27-13-18(4)7-10-22(27)17(2)3/h7-15,17,19H,6,16H2,1-5H3,(H,31,33)/t19-/m0/s1. The number of hydrogen-bond acceptors (Lipinski definition) is 4. The summed E-state index contributed by atoms with van der Waals surface area (Å²) < 4.78 is 11.8. The number of fused-ring (bicyclic) bond motifs is 1. The lowest BCUT2D eigenvalue weighted by atomic mass is 9.98. The zero-order valence-electron chi connectivity index (χ0n) is 20.8. The van der Waals surface area contributed by atoms with Gasteiger partial charge in [-0.1, -0.05) is 57.5 Å². The Balaban J connectivity index is 1.51. The molecular weight excluding hydrogens is 460 g/mol. The SMILES string of the molecule is CC[C@H](C)c1ccc2oc(-c3ccc(Cl)c(NC(=O)COc4cc(C)ccc4C(C)C)c3)nc2c1. The Hall–Kier alpha value is -3.31. The van der Waals surface area contributed by atoms with Gasteiger partial charge >= 0.3 is 0 Å². The number of amides is 1. The molecule has 0 fully saturated rings. The summed E-state index contributed by atoms with van der Waals surface area (Å²) in [7, 11) is 0. The number of carbonyl (C=O) groups excluding carboxylic acids is 1. The molecule has 0 radical (unpaired) electrons. The first kappa shape index (κ1) is 24.8. The highest BCUT2D eigenvalue weighted by Gasteiger charge is 2.15. The van der Waals surface area contributed by atoms with Crippen molar-refractivity contribution in [2.45, 2.75) is 52.9 Å². The lowest BCUT2D eigenvalue weighted by molar-refractivity contribution is -0.118. The zero-order valence-corrected chi connectivity index (χ0v) is 21.6. The zero-order chi connectivity index (χ0) is 25.1. The topological polar surface area (TPSA) is 64.4 Å². The number of rotatable bonds is 8. The molecule has 3 aromatic carbocycles. The second-order valence-corrected chi connectivity index (χ2v) is 9.69.